The number of aryl methyl sites for hydroxylation is 1. The molecule has 1 unspecified atom stereocenters. The second-order valence-electron chi connectivity index (χ2n) is 4.95. The summed E-state index contributed by atoms with van der Waals surface area (Å²) in [6, 6.07) is 0. The lowest BCUT2D eigenvalue weighted by Gasteiger charge is -2.34. The van der Waals surface area contributed by atoms with Crippen molar-refractivity contribution in [3.8, 4) is 0 Å². The van der Waals surface area contributed by atoms with Crippen molar-refractivity contribution >= 4 is 11.3 Å². The molecule has 1 saturated heterocycles. The summed E-state index contributed by atoms with van der Waals surface area (Å²) < 4.78 is 37.2. The van der Waals surface area contributed by atoms with E-state index in [1.807, 2.05) is 13.1 Å². The third-order valence-corrected chi connectivity index (χ3v) is 4.36. The van der Waals surface area contributed by atoms with E-state index in [4.69, 9.17) is 0 Å². The number of nitrogens with zero attached hydrogens (tertiary/aromatic N) is 2. The van der Waals surface area contributed by atoms with Crippen LogP contribution in [-0.4, -0.2) is 40.4 Å². The van der Waals surface area contributed by atoms with E-state index < -0.39 is 18.2 Å². The Hall–Kier alpha value is -0.660. The molecular weight excluding hydrogens is 277 g/mol. The molecule has 0 aromatic carbocycles. The van der Waals surface area contributed by atoms with Gasteiger partial charge in [-0.25, -0.2) is 4.98 Å². The Labute approximate surface area is 114 Å². The molecule has 0 spiro atoms. The van der Waals surface area contributed by atoms with Crippen LogP contribution in [0.4, 0.5) is 13.2 Å². The first-order valence-electron chi connectivity index (χ1n) is 6.24. The molecular formula is C12H17F3N2OS. The number of alkyl halides is 3. The minimum absolute atomic E-state index is 0.387. The molecule has 108 valence electrons. The van der Waals surface area contributed by atoms with Crippen molar-refractivity contribution in [2.24, 2.45) is 5.92 Å². The van der Waals surface area contributed by atoms with E-state index in [0.717, 1.165) is 16.4 Å². The molecule has 0 radical (unpaired) electrons. The molecule has 0 amide bonds. The van der Waals surface area contributed by atoms with Crippen molar-refractivity contribution in [2.45, 2.75) is 38.6 Å². The van der Waals surface area contributed by atoms with Crippen molar-refractivity contribution in [3.63, 3.8) is 0 Å². The maximum atomic E-state index is 12.4. The summed E-state index contributed by atoms with van der Waals surface area (Å²) in [7, 11) is 0. The minimum atomic E-state index is -4.50. The van der Waals surface area contributed by atoms with Gasteiger partial charge in [-0.1, -0.05) is 0 Å². The third kappa shape index (κ3) is 3.90. The molecule has 0 aliphatic carbocycles. The van der Waals surface area contributed by atoms with Gasteiger partial charge in [0.15, 0.2) is 6.10 Å². The van der Waals surface area contributed by atoms with E-state index in [-0.39, 0.29) is 0 Å². The lowest BCUT2D eigenvalue weighted by atomic mass is 9.91. The molecule has 1 aromatic rings. The maximum absolute atomic E-state index is 12.4. The standard InChI is InChI=1S/C12H17F3N2OS/c1-8-16-6-10(19-8)7-17-4-2-9(3-5-17)11(18)12(13,14)15/h6,9,11,18H,2-5,7H2,1H3. The molecule has 2 rings (SSSR count). The first kappa shape index (κ1) is 14.7. The van der Waals surface area contributed by atoms with Crippen molar-refractivity contribution in [2.75, 3.05) is 13.1 Å². The van der Waals surface area contributed by atoms with Gasteiger partial charge in [0.25, 0.3) is 0 Å². The molecule has 0 saturated carbocycles. The Morgan fingerprint density at radius 1 is 1.47 bits per heavy atom. The predicted molar refractivity (Wildman–Crippen MR) is 66.9 cm³/mol. The van der Waals surface area contributed by atoms with E-state index in [1.54, 1.807) is 11.3 Å². The molecule has 2 heterocycles. The van der Waals surface area contributed by atoms with Gasteiger partial charge < -0.3 is 5.11 Å². The molecule has 0 bridgehead atoms. The minimum Gasteiger partial charge on any atom is -0.383 e. The van der Waals surface area contributed by atoms with Crippen molar-refractivity contribution < 1.29 is 18.3 Å². The highest BCUT2D eigenvalue weighted by Crippen LogP contribution is 2.32. The Bertz CT molecular complexity index is 413. The van der Waals surface area contributed by atoms with Gasteiger partial charge in [-0.3, -0.25) is 4.90 Å². The normalized spacial score (nSPS) is 20.7. The van der Waals surface area contributed by atoms with Crippen LogP contribution in [0.25, 0.3) is 0 Å². The van der Waals surface area contributed by atoms with Crippen LogP contribution in [-0.2, 0) is 6.54 Å². The van der Waals surface area contributed by atoms with Crippen LogP contribution in [0.3, 0.4) is 0 Å². The fourth-order valence-corrected chi connectivity index (χ4v) is 3.23. The lowest BCUT2D eigenvalue weighted by molar-refractivity contribution is -0.223. The summed E-state index contributed by atoms with van der Waals surface area (Å²) in [6.07, 6.45) is -4.09. The van der Waals surface area contributed by atoms with E-state index in [0.29, 0.717) is 25.9 Å². The summed E-state index contributed by atoms with van der Waals surface area (Å²) in [5, 5.41) is 10.2. The highest BCUT2D eigenvalue weighted by Gasteiger charge is 2.44. The van der Waals surface area contributed by atoms with Crippen LogP contribution >= 0.6 is 11.3 Å². The molecule has 1 N–H and O–H groups in total. The monoisotopic (exact) mass is 294 g/mol. The molecule has 19 heavy (non-hydrogen) atoms. The fourth-order valence-electron chi connectivity index (χ4n) is 2.39. The molecule has 1 aromatic heterocycles. The van der Waals surface area contributed by atoms with Crippen molar-refractivity contribution in [1.82, 2.24) is 9.88 Å². The number of aliphatic hydroxyl groups excluding tert-OH is 1. The highest BCUT2D eigenvalue weighted by atomic mass is 32.1. The van der Waals surface area contributed by atoms with Gasteiger partial charge in [0.1, 0.15) is 0 Å². The summed E-state index contributed by atoms with van der Waals surface area (Å²) in [5.41, 5.74) is 0. The zero-order valence-corrected chi connectivity index (χ0v) is 11.5. The number of piperidine rings is 1. The van der Waals surface area contributed by atoms with Crippen LogP contribution in [0.1, 0.15) is 22.7 Å². The zero-order chi connectivity index (χ0) is 14.0. The Morgan fingerprint density at radius 2 is 2.11 bits per heavy atom. The summed E-state index contributed by atoms with van der Waals surface area (Å²) in [4.78, 5) is 7.41. The Kier molecular flexibility index (Phi) is 4.47. The van der Waals surface area contributed by atoms with Gasteiger partial charge in [-0.05, 0) is 38.8 Å². The number of hydrogen-bond acceptors (Lipinski definition) is 4. The van der Waals surface area contributed by atoms with Crippen LogP contribution in [0, 0.1) is 12.8 Å². The number of thiazole rings is 1. The Morgan fingerprint density at radius 3 is 2.58 bits per heavy atom. The number of aromatic nitrogens is 1. The van der Waals surface area contributed by atoms with Crippen LogP contribution in [0.5, 0.6) is 0 Å². The predicted octanol–water partition coefficient (Wildman–Crippen LogP) is 2.59. The van der Waals surface area contributed by atoms with Gasteiger partial charge >= 0.3 is 6.18 Å². The first-order valence-corrected chi connectivity index (χ1v) is 7.06. The number of likely N-dealkylation sites (tertiary alicyclic amines) is 1. The summed E-state index contributed by atoms with van der Waals surface area (Å²) >= 11 is 1.61. The maximum Gasteiger partial charge on any atom is 0.414 e. The highest BCUT2D eigenvalue weighted by molar-refractivity contribution is 7.11. The summed E-state index contributed by atoms with van der Waals surface area (Å²) in [5.74, 6) is -0.667. The number of rotatable bonds is 3. The fraction of sp³-hybridized carbons (Fsp3) is 0.750. The van der Waals surface area contributed by atoms with E-state index >= 15 is 0 Å². The van der Waals surface area contributed by atoms with Gasteiger partial charge in [-0.15, -0.1) is 11.3 Å². The van der Waals surface area contributed by atoms with E-state index in [1.165, 1.54) is 0 Å². The van der Waals surface area contributed by atoms with Crippen molar-refractivity contribution in [3.05, 3.63) is 16.1 Å². The molecule has 1 atom stereocenters. The first-order chi connectivity index (χ1) is 8.86. The number of halogens is 3. The van der Waals surface area contributed by atoms with Crippen molar-refractivity contribution in [1.29, 1.82) is 0 Å². The average Bonchev–Trinajstić information content (AvgIpc) is 2.74. The van der Waals surface area contributed by atoms with Crippen LogP contribution < -0.4 is 0 Å². The van der Waals surface area contributed by atoms with E-state index in [2.05, 4.69) is 9.88 Å². The van der Waals surface area contributed by atoms with Gasteiger partial charge in [0, 0.05) is 17.6 Å². The topological polar surface area (TPSA) is 36.4 Å². The summed E-state index contributed by atoms with van der Waals surface area (Å²) in [6.45, 7) is 3.85. The zero-order valence-electron chi connectivity index (χ0n) is 10.7. The van der Waals surface area contributed by atoms with Crippen LogP contribution in [0.15, 0.2) is 6.20 Å². The molecule has 3 nitrogen and oxygen atoms in total. The molecule has 1 aliphatic rings. The molecule has 1 fully saturated rings. The average molecular weight is 294 g/mol. The quantitative estimate of drug-likeness (QED) is 0.931. The number of hydrogen-bond donors (Lipinski definition) is 1. The number of aliphatic hydroxyl groups is 1. The molecule has 1 aliphatic heterocycles. The molecule has 7 heteroatoms. The lowest BCUT2D eigenvalue weighted by Crippen LogP contribution is -2.43. The smallest absolute Gasteiger partial charge is 0.383 e. The Balaban J connectivity index is 1.82. The van der Waals surface area contributed by atoms with Gasteiger partial charge in [0.2, 0.25) is 0 Å². The van der Waals surface area contributed by atoms with Crippen LogP contribution in [0.2, 0.25) is 0 Å². The van der Waals surface area contributed by atoms with E-state index in [9.17, 15) is 18.3 Å². The third-order valence-electron chi connectivity index (χ3n) is 3.46. The SMILES string of the molecule is Cc1ncc(CN2CCC(C(O)C(F)(F)F)CC2)s1. The second kappa shape index (κ2) is 5.76. The largest absolute Gasteiger partial charge is 0.414 e. The van der Waals surface area contributed by atoms with Gasteiger partial charge in [-0.2, -0.15) is 13.2 Å². The second-order valence-corrected chi connectivity index (χ2v) is 6.26. The van der Waals surface area contributed by atoms with Gasteiger partial charge in [0.05, 0.1) is 5.01 Å².